The highest BCUT2D eigenvalue weighted by atomic mass is 127. The Bertz CT molecular complexity index is 80.9. The van der Waals surface area contributed by atoms with Crippen LogP contribution in [0.3, 0.4) is 0 Å². The molecule has 0 N–H and O–H groups in total. The van der Waals surface area contributed by atoms with E-state index in [2.05, 4.69) is 43.1 Å². The third-order valence-corrected chi connectivity index (χ3v) is 0.944. The lowest BCUT2D eigenvalue weighted by atomic mass is 10.7. The lowest BCUT2D eigenvalue weighted by Gasteiger charge is -1.38. The molecule has 0 aromatic carbocycles. The number of halogens is 2. The second-order valence-electron chi connectivity index (χ2n) is 0.832. The minimum atomic E-state index is 0.357. The summed E-state index contributed by atoms with van der Waals surface area (Å²) >= 11 is 6.77. The number of hydrogen-bond acceptors (Lipinski definition) is 1. The Kier molecular flexibility index (Phi) is 11.1. The molecule has 0 aliphatic carbocycles. The molecule has 1 radical (unpaired) electrons. The van der Waals surface area contributed by atoms with Crippen LogP contribution in [0.1, 0.15) is 0 Å². The van der Waals surface area contributed by atoms with Crippen LogP contribution in [0.4, 0.5) is 0 Å². The van der Waals surface area contributed by atoms with Crippen LogP contribution >= 0.6 is 49.0 Å². The van der Waals surface area contributed by atoms with Crippen LogP contribution in [0.5, 0.6) is 0 Å². The van der Waals surface area contributed by atoms with Gasteiger partial charge in [0.15, 0.2) is 0 Å². The summed E-state index contributed by atoms with van der Waals surface area (Å²) in [4.78, 5) is 0. The van der Waals surface area contributed by atoms with E-state index < -0.39 is 0 Å². The van der Waals surface area contributed by atoms with Crippen LogP contribution < -0.4 is 0 Å². The highest BCUT2D eigenvalue weighted by molar-refractivity contribution is 14.3. The molecule has 4 heteroatoms. The van der Waals surface area contributed by atoms with Gasteiger partial charge in [-0.05, 0) is 11.4 Å². The van der Waals surface area contributed by atoms with E-state index in [0.29, 0.717) is 12.6 Å². The first kappa shape index (κ1) is 9.93. The van der Waals surface area contributed by atoms with Crippen molar-refractivity contribution in [2.45, 2.75) is 0 Å². The van der Waals surface area contributed by atoms with Crippen LogP contribution in [-0.4, -0.2) is 12.6 Å². The van der Waals surface area contributed by atoms with Crippen molar-refractivity contribution >= 4 is 61.6 Å². The number of rotatable bonds is 0. The molecule has 1 aromatic heterocycles. The van der Waals surface area contributed by atoms with Gasteiger partial charge in [-0.1, -0.05) is 6.07 Å². The summed E-state index contributed by atoms with van der Waals surface area (Å²) in [6.07, 6.45) is 0. The van der Waals surface area contributed by atoms with Crippen molar-refractivity contribution < 1.29 is 0 Å². The standard InChI is InChI=1S/C4H3S.2HI.Mg/c1-2-4-5-3-1;;;/h1-3H;2*1H;/q;;;+2/p-2. The molecule has 0 atom stereocenters. The molecule has 8 heavy (non-hydrogen) atoms. The van der Waals surface area contributed by atoms with Gasteiger partial charge in [-0.2, -0.15) is 0 Å². The van der Waals surface area contributed by atoms with Gasteiger partial charge in [0.2, 0.25) is 0 Å². The molecule has 1 rings (SSSR count). The minimum Gasteiger partial charge on any atom is -0.276 e. The molecule has 0 unspecified atom stereocenters. The summed E-state index contributed by atoms with van der Waals surface area (Å²) in [6, 6.07) is 3.86. The largest absolute Gasteiger partial charge is 0.552 e. The molecule has 1 aromatic rings. The Hall–Kier alpha value is 1.93. The van der Waals surface area contributed by atoms with Gasteiger partial charge in [0.05, 0.1) is 0 Å². The van der Waals surface area contributed by atoms with Crippen molar-refractivity contribution in [2.24, 2.45) is 0 Å². The van der Waals surface area contributed by atoms with Crippen LogP contribution in [0.15, 0.2) is 17.5 Å². The number of hydrogen-bond donors (Lipinski definition) is 0. The summed E-state index contributed by atoms with van der Waals surface area (Å²) in [5.41, 5.74) is 0. The van der Waals surface area contributed by atoms with Gasteiger partial charge in [0.25, 0.3) is 0 Å². The van der Waals surface area contributed by atoms with E-state index in [1.807, 2.05) is 17.5 Å². The lowest BCUT2D eigenvalue weighted by molar-refractivity contribution is 2.01. The predicted molar refractivity (Wildman–Crippen MR) is 56.9 cm³/mol. The van der Waals surface area contributed by atoms with Gasteiger partial charge in [0.1, 0.15) is 0 Å². The summed E-state index contributed by atoms with van der Waals surface area (Å²) in [5, 5.41) is 4.89. The van der Waals surface area contributed by atoms with Gasteiger partial charge in [-0.15, -0.1) is 11.3 Å². The van der Waals surface area contributed by atoms with Crippen molar-refractivity contribution in [3.05, 3.63) is 22.9 Å². The smallest absolute Gasteiger partial charge is 0.276 e. The van der Waals surface area contributed by atoms with Crippen molar-refractivity contribution in [1.82, 2.24) is 0 Å². The summed E-state index contributed by atoms with van der Waals surface area (Å²) in [6.45, 7) is 0. The predicted octanol–water partition coefficient (Wildman–Crippen LogP) is 2.94. The molecule has 0 saturated heterocycles. The first-order valence-corrected chi connectivity index (χ1v) is 13.0. The normalized spacial score (nSPS) is 6.25. The van der Waals surface area contributed by atoms with Gasteiger partial charge in [0, 0.05) is 5.38 Å². The zero-order valence-electron chi connectivity index (χ0n) is 4.10. The van der Waals surface area contributed by atoms with Crippen LogP contribution in [-0.2, 0) is 0 Å². The zero-order valence-corrected chi connectivity index (χ0v) is 10.6. The highest BCUT2D eigenvalue weighted by Crippen LogP contribution is 1.90. The third kappa shape index (κ3) is 7.93. The summed E-state index contributed by atoms with van der Waals surface area (Å²) in [5.74, 6) is 0. The first-order valence-electron chi connectivity index (χ1n) is 1.93. The molecule has 41 valence electrons. The maximum absolute atomic E-state index is 2.90. The first-order chi connectivity index (χ1) is 3.91. The maximum atomic E-state index is 2.90. The van der Waals surface area contributed by atoms with E-state index in [0.717, 1.165) is 0 Å². The molecule has 0 saturated carbocycles. The molecule has 0 fully saturated rings. The zero-order chi connectivity index (χ0) is 6.24. The topological polar surface area (TPSA) is 0 Å². The van der Waals surface area contributed by atoms with E-state index in [4.69, 9.17) is 0 Å². The highest BCUT2D eigenvalue weighted by Gasteiger charge is 1.61. The van der Waals surface area contributed by atoms with Crippen LogP contribution in [0.2, 0.25) is 0 Å². The van der Waals surface area contributed by atoms with E-state index in [-0.39, 0.29) is 0 Å². The Morgan fingerprint density at radius 2 is 2.12 bits per heavy atom. The molecule has 0 amide bonds. The second-order valence-corrected chi connectivity index (χ2v) is 15.1. The molecule has 1 heterocycles. The molecule has 0 aliphatic heterocycles. The Morgan fingerprint density at radius 3 is 2.25 bits per heavy atom. The quantitative estimate of drug-likeness (QED) is 0.493. The van der Waals surface area contributed by atoms with Crippen molar-refractivity contribution in [2.75, 3.05) is 0 Å². The molecular weight excluding hydrogens is 358 g/mol. The van der Waals surface area contributed by atoms with Gasteiger partial charge in [-0.3, -0.25) is 37.7 Å². The van der Waals surface area contributed by atoms with Gasteiger partial charge >= 0.3 is 12.6 Å². The van der Waals surface area contributed by atoms with Gasteiger partial charge < -0.3 is 0 Å². The van der Waals surface area contributed by atoms with E-state index >= 15 is 0 Å². The maximum Gasteiger partial charge on any atom is 0.552 e. The molecule has 0 bridgehead atoms. The van der Waals surface area contributed by atoms with Crippen molar-refractivity contribution in [3.8, 4) is 0 Å². The SMILES string of the molecule is [I][Mg][I].[c]1cccs1. The molecule has 0 aliphatic rings. The Balaban J connectivity index is 0.000000145. The van der Waals surface area contributed by atoms with E-state index in [1.54, 1.807) is 11.3 Å². The summed E-state index contributed by atoms with van der Waals surface area (Å²) in [7, 11) is 0. The van der Waals surface area contributed by atoms with E-state index in [9.17, 15) is 0 Å². The molecular formula is C4H3I2MgS. The third-order valence-electron chi connectivity index (χ3n) is 0.379. The minimum absolute atomic E-state index is 0.357. The molecule has 0 spiro atoms. The fourth-order valence-electron chi connectivity index (χ4n) is 0.196. The fraction of sp³-hybridized carbons (Fsp3) is 0. The van der Waals surface area contributed by atoms with Crippen molar-refractivity contribution in [1.29, 1.82) is 0 Å². The number of thiophene rings is 1. The fourth-order valence-corrected chi connectivity index (χ4v) is 0.589. The van der Waals surface area contributed by atoms with Crippen molar-refractivity contribution in [3.63, 3.8) is 0 Å². The second kappa shape index (κ2) is 8.93. The summed E-state index contributed by atoms with van der Waals surface area (Å²) < 4.78 is 0. The van der Waals surface area contributed by atoms with Crippen LogP contribution in [0, 0.1) is 5.38 Å². The molecule has 0 nitrogen and oxygen atoms in total. The average molecular weight is 361 g/mol. The lowest BCUT2D eigenvalue weighted by Crippen LogP contribution is -1.30. The van der Waals surface area contributed by atoms with Crippen LogP contribution in [0.25, 0.3) is 0 Å². The average Bonchev–Trinajstić information content (AvgIpc) is 2.17. The Labute approximate surface area is 82.9 Å². The Morgan fingerprint density at radius 1 is 1.50 bits per heavy atom. The van der Waals surface area contributed by atoms with Gasteiger partial charge in [-0.25, -0.2) is 0 Å². The monoisotopic (exact) mass is 361 g/mol. The van der Waals surface area contributed by atoms with E-state index in [1.165, 1.54) is 0 Å².